The summed E-state index contributed by atoms with van der Waals surface area (Å²) in [5, 5.41) is 11.4. The number of ether oxygens (including phenoxy) is 1. The summed E-state index contributed by atoms with van der Waals surface area (Å²) in [7, 11) is 2.98. The fraction of sp³-hybridized carbons (Fsp3) is 0.333. The topological polar surface area (TPSA) is 78.9 Å². The van der Waals surface area contributed by atoms with E-state index in [0.717, 1.165) is 4.90 Å². The number of carbonyl (C=O) groups excluding carboxylic acids is 1. The molecule has 0 saturated heterocycles. The molecule has 0 aliphatic heterocycles. The van der Waals surface area contributed by atoms with Crippen LogP contribution in [0.3, 0.4) is 0 Å². The van der Waals surface area contributed by atoms with E-state index in [1.54, 1.807) is 31.4 Å². The number of hydrogen-bond acceptors (Lipinski definition) is 3. The maximum atomic E-state index is 11.7. The third kappa shape index (κ3) is 3.38. The van der Waals surface area contributed by atoms with Crippen LogP contribution in [0, 0.1) is 0 Å². The molecule has 0 spiro atoms. The standard InChI is InChI=1S/C12H16N2O4/c1-8(11(15)16)14(2)12(17)13-9-4-6-10(18-3)7-5-9/h4-8H,1-3H3,(H,13,17)(H,15,16). The molecule has 1 unspecified atom stereocenters. The highest BCUT2D eigenvalue weighted by Gasteiger charge is 2.21. The molecule has 0 saturated carbocycles. The molecule has 0 bridgehead atoms. The molecule has 0 radical (unpaired) electrons. The molecular formula is C12H16N2O4. The number of carboxylic acids is 1. The number of amides is 2. The van der Waals surface area contributed by atoms with Gasteiger partial charge in [0, 0.05) is 12.7 Å². The van der Waals surface area contributed by atoms with E-state index in [1.807, 2.05) is 0 Å². The molecule has 18 heavy (non-hydrogen) atoms. The third-order valence-corrected chi connectivity index (χ3v) is 2.60. The summed E-state index contributed by atoms with van der Waals surface area (Å²) in [6.07, 6.45) is 0. The number of anilines is 1. The molecule has 1 aromatic carbocycles. The number of rotatable bonds is 4. The summed E-state index contributed by atoms with van der Waals surface area (Å²) in [4.78, 5) is 23.6. The van der Waals surface area contributed by atoms with Crippen LogP contribution in [0.15, 0.2) is 24.3 Å². The smallest absolute Gasteiger partial charge is 0.326 e. The van der Waals surface area contributed by atoms with Crippen LogP contribution in [0.25, 0.3) is 0 Å². The zero-order valence-corrected chi connectivity index (χ0v) is 10.5. The van der Waals surface area contributed by atoms with E-state index in [9.17, 15) is 9.59 Å². The second-order valence-electron chi connectivity index (χ2n) is 3.78. The first-order valence-corrected chi connectivity index (χ1v) is 5.36. The van der Waals surface area contributed by atoms with Gasteiger partial charge in [-0.3, -0.25) is 0 Å². The average Bonchev–Trinajstić information content (AvgIpc) is 2.37. The predicted octanol–water partition coefficient (Wildman–Crippen LogP) is 1.63. The quantitative estimate of drug-likeness (QED) is 0.853. The summed E-state index contributed by atoms with van der Waals surface area (Å²) in [6.45, 7) is 1.44. The van der Waals surface area contributed by atoms with Gasteiger partial charge in [0.1, 0.15) is 11.8 Å². The van der Waals surface area contributed by atoms with Crippen LogP contribution in [-0.2, 0) is 4.79 Å². The second kappa shape index (κ2) is 5.90. The van der Waals surface area contributed by atoms with Gasteiger partial charge in [0.05, 0.1) is 7.11 Å². The number of methoxy groups -OCH3 is 1. The highest BCUT2D eigenvalue weighted by molar-refractivity contribution is 5.92. The SMILES string of the molecule is COc1ccc(NC(=O)N(C)C(C)C(=O)O)cc1. The lowest BCUT2D eigenvalue weighted by molar-refractivity contribution is -0.141. The molecule has 2 amide bonds. The molecule has 1 aromatic rings. The van der Waals surface area contributed by atoms with Crippen LogP contribution >= 0.6 is 0 Å². The molecule has 0 aliphatic carbocycles. The highest BCUT2D eigenvalue weighted by atomic mass is 16.5. The third-order valence-electron chi connectivity index (χ3n) is 2.60. The lowest BCUT2D eigenvalue weighted by atomic mass is 10.3. The number of carbonyl (C=O) groups is 2. The van der Waals surface area contributed by atoms with Gasteiger partial charge in [0.15, 0.2) is 0 Å². The van der Waals surface area contributed by atoms with Crippen molar-refractivity contribution >= 4 is 17.7 Å². The number of carboxylic acid groups (broad SMARTS) is 1. The lowest BCUT2D eigenvalue weighted by Gasteiger charge is -2.21. The Kier molecular flexibility index (Phi) is 4.53. The Bertz CT molecular complexity index is 430. The van der Waals surface area contributed by atoms with Crippen molar-refractivity contribution in [3.05, 3.63) is 24.3 Å². The normalized spacial score (nSPS) is 11.5. The predicted molar refractivity (Wildman–Crippen MR) is 66.9 cm³/mol. The first-order valence-electron chi connectivity index (χ1n) is 5.36. The van der Waals surface area contributed by atoms with Crippen molar-refractivity contribution in [2.45, 2.75) is 13.0 Å². The molecule has 0 aromatic heterocycles. The molecule has 6 heteroatoms. The largest absolute Gasteiger partial charge is 0.497 e. The minimum Gasteiger partial charge on any atom is -0.497 e. The van der Waals surface area contributed by atoms with Crippen LogP contribution in [0.5, 0.6) is 5.75 Å². The van der Waals surface area contributed by atoms with Crippen molar-refractivity contribution in [2.24, 2.45) is 0 Å². The zero-order chi connectivity index (χ0) is 13.7. The van der Waals surface area contributed by atoms with Gasteiger partial charge in [-0.25, -0.2) is 9.59 Å². The second-order valence-corrected chi connectivity index (χ2v) is 3.78. The maximum Gasteiger partial charge on any atom is 0.326 e. The number of likely N-dealkylation sites (N-methyl/N-ethyl adjacent to an activating group) is 1. The Morgan fingerprint density at radius 3 is 2.33 bits per heavy atom. The summed E-state index contributed by atoms with van der Waals surface area (Å²) >= 11 is 0. The van der Waals surface area contributed by atoms with E-state index >= 15 is 0 Å². The van der Waals surface area contributed by atoms with Crippen LogP contribution < -0.4 is 10.1 Å². The summed E-state index contributed by atoms with van der Waals surface area (Å²) in [6, 6.07) is 5.40. The first-order chi connectivity index (χ1) is 8.45. The summed E-state index contributed by atoms with van der Waals surface area (Å²) in [5.74, 6) is -0.373. The molecular weight excluding hydrogens is 236 g/mol. The van der Waals surface area contributed by atoms with Gasteiger partial charge in [0.25, 0.3) is 0 Å². The van der Waals surface area contributed by atoms with Crippen LogP contribution in [0.4, 0.5) is 10.5 Å². The van der Waals surface area contributed by atoms with Gasteiger partial charge in [0.2, 0.25) is 0 Å². The van der Waals surface area contributed by atoms with Crippen molar-refractivity contribution in [2.75, 3.05) is 19.5 Å². The van der Waals surface area contributed by atoms with E-state index in [2.05, 4.69) is 5.32 Å². The molecule has 1 atom stereocenters. The molecule has 0 aliphatic rings. The molecule has 0 fully saturated rings. The van der Waals surface area contributed by atoms with Crippen molar-refractivity contribution in [3.63, 3.8) is 0 Å². The van der Waals surface area contributed by atoms with E-state index < -0.39 is 18.0 Å². The average molecular weight is 252 g/mol. The van der Waals surface area contributed by atoms with Gasteiger partial charge < -0.3 is 20.1 Å². The lowest BCUT2D eigenvalue weighted by Crippen LogP contribution is -2.42. The van der Waals surface area contributed by atoms with Crippen LogP contribution in [0.1, 0.15) is 6.92 Å². The highest BCUT2D eigenvalue weighted by Crippen LogP contribution is 2.15. The number of urea groups is 1. The van der Waals surface area contributed by atoms with Crippen molar-refractivity contribution in [3.8, 4) is 5.75 Å². The van der Waals surface area contributed by atoms with Gasteiger partial charge in [-0.2, -0.15) is 0 Å². The van der Waals surface area contributed by atoms with Gasteiger partial charge in [-0.15, -0.1) is 0 Å². The van der Waals surface area contributed by atoms with Gasteiger partial charge in [-0.05, 0) is 31.2 Å². The number of benzene rings is 1. The minimum atomic E-state index is -1.05. The molecule has 2 N–H and O–H groups in total. The van der Waals surface area contributed by atoms with Gasteiger partial charge in [-0.1, -0.05) is 0 Å². The van der Waals surface area contributed by atoms with E-state index in [1.165, 1.54) is 14.0 Å². The van der Waals surface area contributed by atoms with Crippen LogP contribution in [-0.4, -0.2) is 42.2 Å². The first kappa shape index (κ1) is 13.8. The van der Waals surface area contributed by atoms with Crippen molar-refractivity contribution < 1.29 is 19.4 Å². The Morgan fingerprint density at radius 2 is 1.89 bits per heavy atom. The maximum absolute atomic E-state index is 11.7. The van der Waals surface area contributed by atoms with Crippen molar-refractivity contribution in [1.82, 2.24) is 4.90 Å². The van der Waals surface area contributed by atoms with Gasteiger partial charge >= 0.3 is 12.0 Å². The van der Waals surface area contributed by atoms with Crippen molar-refractivity contribution in [1.29, 1.82) is 0 Å². The fourth-order valence-electron chi connectivity index (χ4n) is 1.23. The number of aliphatic carboxylic acids is 1. The minimum absolute atomic E-state index is 0.477. The Balaban J connectivity index is 2.66. The number of hydrogen-bond donors (Lipinski definition) is 2. The zero-order valence-electron chi connectivity index (χ0n) is 10.5. The molecule has 98 valence electrons. The summed E-state index contributed by atoms with van der Waals surface area (Å²) in [5.41, 5.74) is 0.574. The molecule has 0 heterocycles. The van der Waals surface area contributed by atoms with E-state index in [4.69, 9.17) is 9.84 Å². The summed E-state index contributed by atoms with van der Waals surface area (Å²) < 4.78 is 4.99. The monoisotopic (exact) mass is 252 g/mol. The van der Waals surface area contributed by atoms with E-state index in [-0.39, 0.29) is 0 Å². The Labute approximate surface area is 105 Å². The Morgan fingerprint density at radius 1 is 1.33 bits per heavy atom. The number of nitrogens with one attached hydrogen (secondary N) is 1. The number of nitrogens with zero attached hydrogens (tertiary/aromatic N) is 1. The fourth-order valence-corrected chi connectivity index (χ4v) is 1.23. The molecule has 1 rings (SSSR count). The van der Waals surface area contributed by atoms with E-state index in [0.29, 0.717) is 11.4 Å². The van der Waals surface area contributed by atoms with Crippen LogP contribution in [0.2, 0.25) is 0 Å². The Hall–Kier alpha value is -2.24. The molecule has 6 nitrogen and oxygen atoms in total.